The van der Waals surface area contributed by atoms with Gasteiger partial charge in [-0.2, -0.15) is 0 Å². The molecule has 0 spiro atoms. The van der Waals surface area contributed by atoms with E-state index in [-0.39, 0.29) is 11.2 Å². The van der Waals surface area contributed by atoms with Gasteiger partial charge in [-0.05, 0) is 37.6 Å². The van der Waals surface area contributed by atoms with Gasteiger partial charge in [0.2, 0.25) is 0 Å². The number of nitrogens with zero attached hydrogens (tertiary/aromatic N) is 1. The van der Waals surface area contributed by atoms with Crippen LogP contribution in [0.25, 0.3) is 11.3 Å². The summed E-state index contributed by atoms with van der Waals surface area (Å²) < 4.78 is 1.59. The quantitative estimate of drug-likeness (QED) is 0.813. The number of pyridine rings is 1. The van der Waals surface area contributed by atoms with Gasteiger partial charge < -0.3 is 10.3 Å². The Kier molecular flexibility index (Phi) is 2.76. The van der Waals surface area contributed by atoms with Crippen molar-refractivity contribution >= 4 is 5.69 Å². The molecule has 2 rings (SSSR count). The van der Waals surface area contributed by atoms with Gasteiger partial charge in [0.25, 0.3) is 5.56 Å². The van der Waals surface area contributed by atoms with Crippen molar-refractivity contribution in [2.75, 3.05) is 5.73 Å². The number of benzene rings is 1. The minimum absolute atomic E-state index is 0.150. The van der Waals surface area contributed by atoms with Gasteiger partial charge in [0, 0.05) is 12.6 Å². The Morgan fingerprint density at radius 2 is 1.82 bits per heavy atom. The number of hydrogen-bond donors (Lipinski definition) is 1. The lowest BCUT2D eigenvalue weighted by atomic mass is 10.0. The summed E-state index contributed by atoms with van der Waals surface area (Å²) in [6, 6.07) is 9.76. The van der Waals surface area contributed by atoms with Gasteiger partial charge >= 0.3 is 0 Å². The van der Waals surface area contributed by atoms with Gasteiger partial charge in [0.05, 0.1) is 11.4 Å². The number of aryl methyl sites for hydroxylation is 2. The van der Waals surface area contributed by atoms with E-state index in [1.165, 1.54) is 5.56 Å². The fourth-order valence-electron chi connectivity index (χ4n) is 1.94. The number of aromatic nitrogens is 1. The molecule has 0 amide bonds. The maximum atomic E-state index is 11.8. The number of hydrogen-bond acceptors (Lipinski definition) is 2. The van der Waals surface area contributed by atoms with E-state index in [0.717, 1.165) is 16.8 Å². The summed E-state index contributed by atoms with van der Waals surface area (Å²) in [4.78, 5) is 11.8. The second kappa shape index (κ2) is 4.09. The highest BCUT2D eigenvalue weighted by molar-refractivity contribution is 5.66. The molecule has 3 nitrogen and oxygen atoms in total. The largest absolute Gasteiger partial charge is 0.394 e. The summed E-state index contributed by atoms with van der Waals surface area (Å²) in [5.41, 5.74) is 10.0. The lowest BCUT2D eigenvalue weighted by molar-refractivity contribution is 0.873. The van der Waals surface area contributed by atoms with E-state index in [9.17, 15) is 4.79 Å². The van der Waals surface area contributed by atoms with Crippen LogP contribution in [0.1, 0.15) is 11.1 Å². The zero-order chi connectivity index (χ0) is 12.6. The van der Waals surface area contributed by atoms with Crippen LogP contribution in [0.4, 0.5) is 5.69 Å². The van der Waals surface area contributed by atoms with Crippen LogP contribution in [0.2, 0.25) is 0 Å². The standard InChI is InChI=1S/C14H16N2O/c1-9-4-5-10(2)11(8-9)13-7-6-12(15)14(17)16(13)3/h4-8H,15H2,1-3H3. The Bertz CT molecular complexity index is 627. The normalized spacial score (nSPS) is 10.5. The van der Waals surface area contributed by atoms with Crippen molar-refractivity contribution in [3.63, 3.8) is 0 Å². The van der Waals surface area contributed by atoms with Crippen molar-refractivity contribution in [1.82, 2.24) is 4.57 Å². The van der Waals surface area contributed by atoms with Gasteiger partial charge in [0.15, 0.2) is 0 Å². The van der Waals surface area contributed by atoms with Gasteiger partial charge in [-0.3, -0.25) is 4.79 Å². The first-order valence-corrected chi connectivity index (χ1v) is 5.54. The monoisotopic (exact) mass is 228 g/mol. The summed E-state index contributed by atoms with van der Waals surface area (Å²) in [7, 11) is 1.75. The predicted octanol–water partition coefficient (Wildman–Crippen LogP) is 2.25. The van der Waals surface area contributed by atoms with Crippen LogP contribution >= 0.6 is 0 Å². The van der Waals surface area contributed by atoms with Crippen LogP contribution in [0.5, 0.6) is 0 Å². The summed E-state index contributed by atoms with van der Waals surface area (Å²) in [6.07, 6.45) is 0. The molecule has 0 saturated heterocycles. The lowest BCUT2D eigenvalue weighted by Gasteiger charge is -2.12. The highest BCUT2D eigenvalue weighted by Gasteiger charge is 2.08. The Morgan fingerprint density at radius 1 is 1.12 bits per heavy atom. The second-order valence-corrected chi connectivity index (χ2v) is 4.36. The zero-order valence-electron chi connectivity index (χ0n) is 10.3. The predicted molar refractivity (Wildman–Crippen MR) is 71.0 cm³/mol. The molecule has 0 aliphatic carbocycles. The van der Waals surface area contributed by atoms with Gasteiger partial charge in [0.1, 0.15) is 0 Å². The molecule has 3 heteroatoms. The Morgan fingerprint density at radius 3 is 2.53 bits per heavy atom. The molecule has 0 aliphatic heterocycles. The van der Waals surface area contributed by atoms with E-state index in [0.29, 0.717) is 0 Å². The van der Waals surface area contributed by atoms with Gasteiger partial charge in [-0.25, -0.2) is 0 Å². The first-order valence-electron chi connectivity index (χ1n) is 5.54. The third-order valence-corrected chi connectivity index (χ3v) is 3.00. The Balaban J connectivity index is 2.73. The minimum atomic E-state index is -0.150. The van der Waals surface area contributed by atoms with Crippen molar-refractivity contribution < 1.29 is 0 Å². The average molecular weight is 228 g/mol. The van der Waals surface area contributed by atoms with Crippen LogP contribution in [0.15, 0.2) is 35.1 Å². The smallest absolute Gasteiger partial charge is 0.273 e. The Labute approximate surface area is 101 Å². The van der Waals surface area contributed by atoms with E-state index >= 15 is 0 Å². The van der Waals surface area contributed by atoms with Crippen LogP contribution < -0.4 is 11.3 Å². The summed E-state index contributed by atoms with van der Waals surface area (Å²) in [6.45, 7) is 4.08. The van der Waals surface area contributed by atoms with Crippen LogP contribution in [-0.4, -0.2) is 4.57 Å². The molecule has 0 atom stereocenters. The van der Waals surface area contributed by atoms with E-state index < -0.39 is 0 Å². The molecule has 0 bridgehead atoms. The fraction of sp³-hybridized carbons (Fsp3) is 0.214. The van der Waals surface area contributed by atoms with E-state index in [2.05, 4.69) is 18.2 Å². The molecule has 1 aromatic carbocycles. The first kappa shape index (κ1) is 11.5. The number of nitrogens with two attached hydrogens (primary N) is 1. The fourth-order valence-corrected chi connectivity index (χ4v) is 1.94. The summed E-state index contributed by atoms with van der Waals surface area (Å²) in [5, 5.41) is 0. The van der Waals surface area contributed by atoms with Crippen molar-refractivity contribution in [1.29, 1.82) is 0 Å². The van der Waals surface area contributed by atoms with Crippen LogP contribution in [-0.2, 0) is 7.05 Å². The lowest BCUT2D eigenvalue weighted by Crippen LogP contribution is -2.21. The molecule has 0 radical (unpaired) electrons. The highest BCUT2D eigenvalue weighted by atomic mass is 16.1. The maximum absolute atomic E-state index is 11.8. The molecule has 88 valence electrons. The van der Waals surface area contributed by atoms with Gasteiger partial charge in [-0.15, -0.1) is 0 Å². The first-order chi connectivity index (χ1) is 8.00. The van der Waals surface area contributed by atoms with Crippen LogP contribution in [0.3, 0.4) is 0 Å². The molecule has 1 aromatic heterocycles. The minimum Gasteiger partial charge on any atom is -0.394 e. The maximum Gasteiger partial charge on any atom is 0.273 e. The molecule has 0 aliphatic rings. The van der Waals surface area contributed by atoms with Crippen molar-refractivity contribution in [3.05, 3.63) is 51.8 Å². The average Bonchev–Trinajstić information content (AvgIpc) is 2.30. The summed E-state index contributed by atoms with van der Waals surface area (Å²) in [5.74, 6) is 0. The van der Waals surface area contributed by atoms with E-state index in [4.69, 9.17) is 5.73 Å². The number of nitrogen functional groups attached to an aromatic ring is 1. The Hall–Kier alpha value is -2.03. The molecule has 0 unspecified atom stereocenters. The van der Waals surface area contributed by atoms with Gasteiger partial charge in [-0.1, -0.05) is 17.7 Å². The SMILES string of the molecule is Cc1ccc(C)c(-c2ccc(N)c(=O)n2C)c1. The van der Waals surface area contributed by atoms with E-state index in [1.807, 2.05) is 19.9 Å². The molecule has 0 saturated carbocycles. The second-order valence-electron chi connectivity index (χ2n) is 4.36. The molecule has 2 N–H and O–H groups in total. The van der Waals surface area contributed by atoms with Crippen molar-refractivity contribution in [2.45, 2.75) is 13.8 Å². The number of rotatable bonds is 1. The van der Waals surface area contributed by atoms with E-state index in [1.54, 1.807) is 17.7 Å². The molecule has 2 aromatic rings. The van der Waals surface area contributed by atoms with Crippen molar-refractivity contribution in [2.24, 2.45) is 7.05 Å². The molecule has 1 heterocycles. The highest BCUT2D eigenvalue weighted by Crippen LogP contribution is 2.23. The summed E-state index contributed by atoms with van der Waals surface area (Å²) >= 11 is 0. The molecule has 17 heavy (non-hydrogen) atoms. The third kappa shape index (κ3) is 1.96. The molecular weight excluding hydrogens is 212 g/mol. The third-order valence-electron chi connectivity index (χ3n) is 3.00. The van der Waals surface area contributed by atoms with Crippen LogP contribution in [0, 0.1) is 13.8 Å². The van der Waals surface area contributed by atoms with Crippen molar-refractivity contribution in [3.8, 4) is 11.3 Å². The molecular formula is C14H16N2O. The zero-order valence-corrected chi connectivity index (χ0v) is 10.3. The number of anilines is 1. The molecule has 0 fully saturated rings. The topological polar surface area (TPSA) is 48.0 Å².